The van der Waals surface area contributed by atoms with Gasteiger partial charge in [0.15, 0.2) is 0 Å². The molecule has 1 aromatic heterocycles. The Morgan fingerprint density at radius 3 is 2.73 bits per heavy atom. The van der Waals surface area contributed by atoms with Crippen LogP contribution in [0.4, 0.5) is 0 Å². The van der Waals surface area contributed by atoms with Crippen LogP contribution < -0.4 is 5.32 Å². The number of aliphatic hydroxyl groups is 1. The van der Waals surface area contributed by atoms with Crippen molar-refractivity contribution in [3.63, 3.8) is 0 Å². The number of benzene rings is 2. The van der Waals surface area contributed by atoms with Crippen molar-refractivity contribution < 1.29 is 9.90 Å². The van der Waals surface area contributed by atoms with Gasteiger partial charge in [0.05, 0.1) is 11.7 Å². The fraction of sp³-hybridized carbons (Fsp3) is 0.118. The predicted octanol–water partition coefficient (Wildman–Crippen LogP) is 3.97. The smallest absolute Gasteiger partial charge is 0.252 e. The quantitative estimate of drug-likeness (QED) is 0.624. The molecule has 1 unspecified atom stereocenters. The molecule has 5 heteroatoms. The largest absolute Gasteiger partial charge is 0.387 e. The second-order valence-corrected chi connectivity index (χ2v) is 6.97. The van der Waals surface area contributed by atoms with Crippen molar-refractivity contribution in [2.75, 3.05) is 6.54 Å². The monoisotopic (exact) mass is 423 g/mol. The lowest BCUT2D eigenvalue weighted by atomic mass is 10.1. The summed E-state index contributed by atoms with van der Waals surface area (Å²) in [4.78, 5) is 12.2. The van der Waals surface area contributed by atoms with Crippen molar-refractivity contribution in [2.24, 2.45) is 0 Å². The van der Waals surface area contributed by atoms with E-state index in [1.54, 1.807) is 17.4 Å². The third kappa shape index (κ3) is 3.16. The van der Waals surface area contributed by atoms with Crippen molar-refractivity contribution in [2.45, 2.75) is 6.10 Å². The van der Waals surface area contributed by atoms with Gasteiger partial charge in [0, 0.05) is 20.4 Å². The maximum absolute atomic E-state index is 12.2. The zero-order valence-electron chi connectivity index (χ0n) is 11.6. The van der Waals surface area contributed by atoms with E-state index in [9.17, 15) is 9.90 Å². The van der Waals surface area contributed by atoms with Crippen molar-refractivity contribution in [3.05, 3.63) is 68.6 Å². The van der Waals surface area contributed by atoms with Gasteiger partial charge >= 0.3 is 0 Å². The van der Waals surface area contributed by atoms with Crippen molar-refractivity contribution >= 4 is 49.9 Å². The zero-order valence-corrected chi connectivity index (χ0v) is 14.6. The average molecular weight is 423 g/mol. The van der Waals surface area contributed by atoms with Crippen LogP contribution in [0.15, 0.2) is 53.9 Å². The van der Waals surface area contributed by atoms with E-state index in [1.807, 2.05) is 47.8 Å². The lowest BCUT2D eigenvalue weighted by molar-refractivity contribution is 0.0916. The van der Waals surface area contributed by atoms with Crippen molar-refractivity contribution in [3.8, 4) is 0 Å². The van der Waals surface area contributed by atoms with Crippen LogP contribution in [-0.4, -0.2) is 17.6 Å². The molecule has 0 saturated carbocycles. The predicted molar refractivity (Wildman–Crippen MR) is 98.3 cm³/mol. The highest BCUT2D eigenvalue weighted by Gasteiger charge is 2.15. The molecule has 3 aromatic rings. The highest BCUT2D eigenvalue weighted by Crippen LogP contribution is 2.29. The van der Waals surface area contributed by atoms with Crippen molar-refractivity contribution in [1.29, 1.82) is 0 Å². The van der Waals surface area contributed by atoms with Crippen LogP contribution >= 0.6 is 33.9 Å². The molecule has 3 nitrogen and oxygen atoms in total. The van der Waals surface area contributed by atoms with E-state index in [4.69, 9.17) is 0 Å². The van der Waals surface area contributed by atoms with Crippen molar-refractivity contribution in [1.82, 2.24) is 5.32 Å². The average Bonchev–Trinajstić information content (AvgIpc) is 2.97. The molecule has 0 radical (unpaired) electrons. The fourth-order valence-electron chi connectivity index (χ4n) is 2.30. The van der Waals surface area contributed by atoms with Gasteiger partial charge in [-0.25, -0.2) is 0 Å². The second-order valence-electron chi connectivity index (χ2n) is 4.89. The minimum Gasteiger partial charge on any atom is -0.387 e. The summed E-state index contributed by atoms with van der Waals surface area (Å²) in [5.74, 6) is -0.163. The number of rotatable bonds is 4. The molecule has 2 N–H and O–H groups in total. The van der Waals surface area contributed by atoms with Gasteiger partial charge in [0.2, 0.25) is 0 Å². The normalized spacial score (nSPS) is 12.3. The van der Waals surface area contributed by atoms with Gasteiger partial charge in [-0.1, -0.05) is 30.3 Å². The summed E-state index contributed by atoms with van der Waals surface area (Å²) in [6.07, 6.45) is -0.707. The van der Waals surface area contributed by atoms with Gasteiger partial charge in [-0.3, -0.25) is 4.79 Å². The molecule has 112 valence electrons. The Morgan fingerprint density at radius 1 is 1.18 bits per heavy atom. The van der Waals surface area contributed by atoms with Gasteiger partial charge < -0.3 is 10.4 Å². The first kappa shape index (κ1) is 15.5. The summed E-state index contributed by atoms with van der Waals surface area (Å²) in [7, 11) is 0. The molecule has 3 rings (SSSR count). The minimum absolute atomic E-state index is 0.163. The molecule has 0 spiro atoms. The summed E-state index contributed by atoms with van der Waals surface area (Å²) >= 11 is 3.73. The lowest BCUT2D eigenvalue weighted by Gasteiger charge is -2.12. The molecule has 0 aliphatic heterocycles. The Morgan fingerprint density at radius 2 is 1.91 bits per heavy atom. The Kier molecular flexibility index (Phi) is 4.75. The number of hydrogen-bond donors (Lipinski definition) is 2. The zero-order chi connectivity index (χ0) is 15.5. The second kappa shape index (κ2) is 6.76. The Bertz CT molecular complexity index is 815. The number of fused-ring (bicyclic) bond motifs is 1. The first-order valence-electron chi connectivity index (χ1n) is 6.83. The van der Waals surface area contributed by atoms with Gasteiger partial charge in [0.1, 0.15) is 0 Å². The number of nitrogens with one attached hydrogen (secondary N) is 1. The summed E-state index contributed by atoms with van der Waals surface area (Å²) in [5, 5.41) is 16.2. The van der Waals surface area contributed by atoms with Crippen LogP contribution in [0.25, 0.3) is 10.1 Å². The molecule has 1 heterocycles. The number of halogens is 1. The topological polar surface area (TPSA) is 49.3 Å². The minimum atomic E-state index is -0.707. The highest BCUT2D eigenvalue weighted by molar-refractivity contribution is 14.1. The summed E-state index contributed by atoms with van der Waals surface area (Å²) in [6.45, 7) is 0.199. The number of amides is 1. The number of hydrogen-bond acceptors (Lipinski definition) is 3. The Hall–Kier alpha value is -1.44. The van der Waals surface area contributed by atoms with Gasteiger partial charge in [0.25, 0.3) is 5.91 Å². The van der Waals surface area contributed by atoms with Crippen LogP contribution in [0.3, 0.4) is 0 Å². The van der Waals surface area contributed by atoms with Gasteiger partial charge in [-0.05, 0) is 51.6 Å². The number of aliphatic hydroxyl groups excluding tert-OH is 1. The summed E-state index contributed by atoms with van der Waals surface area (Å²) in [5.41, 5.74) is 1.49. The third-order valence-electron chi connectivity index (χ3n) is 3.44. The third-order valence-corrected chi connectivity index (χ3v) is 5.37. The highest BCUT2D eigenvalue weighted by atomic mass is 127. The molecule has 1 atom stereocenters. The van der Waals surface area contributed by atoms with E-state index in [0.717, 1.165) is 19.2 Å². The summed E-state index contributed by atoms with van der Waals surface area (Å²) < 4.78 is 2.04. The van der Waals surface area contributed by atoms with E-state index < -0.39 is 6.10 Å². The molecule has 0 aliphatic carbocycles. The van der Waals surface area contributed by atoms with Gasteiger partial charge in [-0.2, -0.15) is 0 Å². The molecular formula is C17H14INO2S. The van der Waals surface area contributed by atoms with Crippen LogP contribution in [0.5, 0.6) is 0 Å². The molecule has 0 fully saturated rings. The number of carbonyl (C=O) groups excluding carboxylic acids is 1. The van der Waals surface area contributed by atoms with Gasteiger partial charge in [-0.15, -0.1) is 11.3 Å². The molecule has 0 bridgehead atoms. The maximum Gasteiger partial charge on any atom is 0.252 e. The van der Waals surface area contributed by atoms with Crippen LogP contribution in [0.2, 0.25) is 0 Å². The Balaban J connectivity index is 1.71. The Labute approximate surface area is 146 Å². The number of carbonyl (C=O) groups is 1. The first-order chi connectivity index (χ1) is 10.7. The standard InChI is InChI=1S/C17H14INO2S/c18-14-7-3-1-6-12(14)17(21)19-9-15(20)13-10-22-16-8-4-2-5-11(13)16/h1-8,10,15,20H,9H2,(H,19,21). The molecule has 22 heavy (non-hydrogen) atoms. The van der Waals surface area contributed by atoms with E-state index in [1.165, 1.54) is 0 Å². The maximum atomic E-state index is 12.2. The van der Waals surface area contributed by atoms with Crippen LogP contribution in [-0.2, 0) is 0 Å². The fourth-order valence-corrected chi connectivity index (χ4v) is 3.94. The van der Waals surface area contributed by atoms with E-state index in [-0.39, 0.29) is 12.5 Å². The van der Waals surface area contributed by atoms with E-state index in [0.29, 0.717) is 5.56 Å². The molecule has 1 amide bonds. The summed E-state index contributed by atoms with van der Waals surface area (Å²) in [6, 6.07) is 15.4. The molecule has 0 saturated heterocycles. The SMILES string of the molecule is O=C(NCC(O)c1csc2ccccc12)c1ccccc1I. The van der Waals surface area contributed by atoms with E-state index in [2.05, 4.69) is 27.9 Å². The van der Waals surface area contributed by atoms with E-state index >= 15 is 0 Å². The molecule has 0 aliphatic rings. The van der Waals surface area contributed by atoms with Crippen LogP contribution in [0.1, 0.15) is 22.0 Å². The van der Waals surface area contributed by atoms with Crippen LogP contribution in [0, 0.1) is 3.57 Å². The number of thiophene rings is 1. The molecule has 2 aromatic carbocycles. The first-order valence-corrected chi connectivity index (χ1v) is 8.79. The molecular weight excluding hydrogens is 409 g/mol. The lowest BCUT2D eigenvalue weighted by Crippen LogP contribution is -2.28.